The van der Waals surface area contributed by atoms with Crippen LogP contribution < -0.4 is 16.0 Å². The number of hydrogen-bond donors (Lipinski definition) is 6. The molecule has 4 atom stereocenters. The summed E-state index contributed by atoms with van der Waals surface area (Å²) in [5.74, 6) is -6.62. The third kappa shape index (κ3) is 4.20. The van der Waals surface area contributed by atoms with Gasteiger partial charge in [0.2, 0.25) is 5.78 Å². The molecule has 12 nitrogen and oxygen atoms in total. The zero-order valence-corrected chi connectivity index (χ0v) is 24.3. The molecule has 224 valence electrons. The molecule has 1 aromatic carbocycles. The number of Topliss-reactive ketones (excluding diaryl/α,β-unsaturated/α-hetero) is 2. The van der Waals surface area contributed by atoms with Crippen molar-refractivity contribution in [3.05, 3.63) is 69.4 Å². The second-order valence-corrected chi connectivity index (χ2v) is 11.8. The summed E-state index contributed by atoms with van der Waals surface area (Å²) in [4.78, 5) is 43.2. The Balaban J connectivity index is 1.62. The summed E-state index contributed by atoms with van der Waals surface area (Å²) in [6.07, 6.45) is 2.20. The van der Waals surface area contributed by atoms with Crippen LogP contribution in [0.15, 0.2) is 47.1 Å². The molecule has 3 aliphatic rings. The van der Waals surface area contributed by atoms with Crippen molar-refractivity contribution in [3.8, 4) is 5.75 Å². The van der Waals surface area contributed by atoms with Crippen molar-refractivity contribution >= 4 is 23.2 Å². The maximum atomic E-state index is 14.1. The number of aliphatic hydroxyl groups excluding tert-OH is 2. The van der Waals surface area contributed by atoms with Gasteiger partial charge in [0.25, 0.3) is 5.91 Å². The Kier molecular flexibility index (Phi) is 7.20. The number of nitrogens with one attached hydrogen (secondary N) is 1. The molecule has 0 saturated heterocycles. The van der Waals surface area contributed by atoms with Gasteiger partial charge in [0.05, 0.1) is 11.6 Å². The molecule has 2 unspecified atom stereocenters. The Morgan fingerprint density at radius 2 is 1.86 bits per heavy atom. The molecular weight excluding hydrogens is 542 g/mol. The molecule has 1 amide bonds. The van der Waals surface area contributed by atoms with E-state index in [0.29, 0.717) is 23.4 Å². The van der Waals surface area contributed by atoms with E-state index in [-0.39, 0.29) is 36.3 Å². The number of aromatic hydroxyl groups is 1. The molecule has 0 spiro atoms. The summed E-state index contributed by atoms with van der Waals surface area (Å²) < 4.78 is 1.97. The van der Waals surface area contributed by atoms with Crippen molar-refractivity contribution in [2.45, 2.75) is 37.6 Å². The Labute approximate surface area is 243 Å². The molecule has 5 rings (SSSR count). The molecule has 0 aliphatic heterocycles. The number of carbonyl (C=O) groups is 3. The van der Waals surface area contributed by atoms with Crippen LogP contribution in [-0.4, -0.2) is 87.2 Å². The number of benzene rings is 1. The maximum absolute atomic E-state index is 14.1. The highest BCUT2D eigenvalue weighted by Gasteiger charge is 2.63. The lowest BCUT2D eigenvalue weighted by atomic mass is 9.58. The van der Waals surface area contributed by atoms with Crippen molar-refractivity contribution < 1.29 is 34.8 Å². The van der Waals surface area contributed by atoms with Crippen molar-refractivity contribution in [3.63, 3.8) is 0 Å². The maximum Gasteiger partial charge on any atom is 0.255 e. The minimum absolute atomic E-state index is 0.00218. The number of rotatable bonds is 7. The Morgan fingerprint density at radius 1 is 1.17 bits per heavy atom. The monoisotopic (exact) mass is 579 g/mol. The van der Waals surface area contributed by atoms with Gasteiger partial charge in [-0.25, -0.2) is 0 Å². The number of ketones is 2. The average molecular weight is 580 g/mol. The summed E-state index contributed by atoms with van der Waals surface area (Å²) in [5, 5.41) is 48.9. The number of fused-ring (bicyclic) bond motifs is 3. The smallest absolute Gasteiger partial charge is 0.255 e. The normalized spacial score (nSPS) is 25.5. The number of primary amides is 1. The lowest BCUT2D eigenvalue weighted by Crippen LogP contribution is -2.63. The molecule has 3 aliphatic carbocycles. The molecule has 42 heavy (non-hydrogen) atoms. The predicted octanol–water partition coefficient (Wildman–Crippen LogP) is 0.815. The van der Waals surface area contributed by atoms with E-state index in [0.717, 1.165) is 5.69 Å². The molecular formula is C30H37N5O7. The van der Waals surface area contributed by atoms with Crippen LogP contribution in [0.2, 0.25) is 0 Å². The standard InChI is InChI=1S/C30H37N5O7/c1-33(2)19-11-15(12-32-13-16-7-6-8-35(16)5)24(36)21-17(19)9-14-10-18-23(34(3)4)26(38)22(29(31)41)28(40)30(18,42)27(39)20(14)25(21)37/h6-8,11,14,18,23,32,36,38-39,42H,9-10,12-13H2,1-5H3,(H2,31,41)/t14?,18?,23-,30-/m0/s1. The number of anilines is 1. The molecule has 7 N–H and O–H groups in total. The molecule has 2 aromatic rings. The fraction of sp³-hybridized carbons (Fsp3) is 0.433. The molecule has 0 fully saturated rings. The quantitative estimate of drug-likeness (QED) is 0.257. The number of phenols is 1. The van der Waals surface area contributed by atoms with Gasteiger partial charge in [-0.2, -0.15) is 0 Å². The fourth-order valence-electron chi connectivity index (χ4n) is 6.89. The zero-order chi connectivity index (χ0) is 30.8. The number of carbonyl (C=O) groups excluding carboxylic acids is 3. The fourth-order valence-corrected chi connectivity index (χ4v) is 6.89. The Morgan fingerprint density at radius 3 is 2.43 bits per heavy atom. The van der Waals surface area contributed by atoms with Crippen LogP contribution in [0, 0.1) is 11.8 Å². The first-order valence-corrected chi connectivity index (χ1v) is 13.7. The minimum Gasteiger partial charge on any atom is -0.510 e. The van der Waals surface area contributed by atoms with Gasteiger partial charge in [0.1, 0.15) is 22.8 Å². The lowest BCUT2D eigenvalue weighted by molar-refractivity contribution is -0.148. The van der Waals surface area contributed by atoms with E-state index < -0.39 is 58.0 Å². The highest BCUT2D eigenvalue weighted by Crippen LogP contribution is 2.53. The summed E-state index contributed by atoms with van der Waals surface area (Å²) in [5.41, 5.74) is 4.53. The second kappa shape index (κ2) is 10.3. The van der Waals surface area contributed by atoms with Gasteiger partial charge in [0, 0.05) is 68.9 Å². The van der Waals surface area contributed by atoms with Crippen molar-refractivity contribution in [1.82, 2.24) is 14.8 Å². The van der Waals surface area contributed by atoms with Gasteiger partial charge in [0.15, 0.2) is 11.4 Å². The van der Waals surface area contributed by atoms with Crippen LogP contribution in [0.25, 0.3) is 0 Å². The number of allylic oxidation sites excluding steroid dienone is 1. The number of aromatic nitrogens is 1. The van der Waals surface area contributed by atoms with E-state index in [1.54, 1.807) is 14.1 Å². The summed E-state index contributed by atoms with van der Waals surface area (Å²) in [7, 11) is 8.79. The minimum atomic E-state index is -2.67. The van der Waals surface area contributed by atoms with Gasteiger partial charge >= 0.3 is 0 Å². The van der Waals surface area contributed by atoms with Crippen LogP contribution in [0.1, 0.15) is 33.6 Å². The first-order valence-electron chi connectivity index (χ1n) is 13.7. The van der Waals surface area contributed by atoms with Crippen LogP contribution in [0.5, 0.6) is 5.75 Å². The van der Waals surface area contributed by atoms with Crippen molar-refractivity contribution in [2.75, 3.05) is 33.1 Å². The predicted molar refractivity (Wildman–Crippen MR) is 154 cm³/mol. The Hall–Kier alpha value is -4.13. The molecule has 1 aromatic heterocycles. The largest absolute Gasteiger partial charge is 0.510 e. The third-order valence-electron chi connectivity index (χ3n) is 8.93. The topological polar surface area (TPSA) is 182 Å². The molecule has 0 bridgehead atoms. The number of aryl methyl sites for hydroxylation is 1. The van der Waals surface area contributed by atoms with Gasteiger partial charge in [-0.1, -0.05) is 0 Å². The zero-order valence-electron chi connectivity index (χ0n) is 24.3. The highest BCUT2D eigenvalue weighted by molar-refractivity contribution is 6.25. The van der Waals surface area contributed by atoms with E-state index >= 15 is 0 Å². The first-order chi connectivity index (χ1) is 19.7. The lowest BCUT2D eigenvalue weighted by Gasteiger charge is -2.50. The Bertz CT molecular complexity index is 1570. The van der Waals surface area contributed by atoms with E-state index in [1.807, 2.05) is 55.0 Å². The summed E-state index contributed by atoms with van der Waals surface area (Å²) in [6, 6.07) is 4.69. The van der Waals surface area contributed by atoms with Gasteiger partial charge in [-0.3, -0.25) is 19.3 Å². The van der Waals surface area contributed by atoms with E-state index in [4.69, 9.17) is 5.73 Å². The number of nitrogens with two attached hydrogens (primary N) is 1. The second-order valence-electron chi connectivity index (χ2n) is 11.8. The van der Waals surface area contributed by atoms with Gasteiger partial charge < -0.3 is 40.9 Å². The molecule has 0 radical (unpaired) electrons. The van der Waals surface area contributed by atoms with Crippen LogP contribution in [-0.2, 0) is 36.1 Å². The van der Waals surface area contributed by atoms with Crippen LogP contribution in [0.4, 0.5) is 5.69 Å². The average Bonchev–Trinajstić information content (AvgIpc) is 3.31. The highest BCUT2D eigenvalue weighted by atomic mass is 16.3. The number of amides is 1. The summed E-state index contributed by atoms with van der Waals surface area (Å²) in [6.45, 7) is 0.763. The van der Waals surface area contributed by atoms with E-state index in [9.17, 15) is 34.8 Å². The third-order valence-corrected chi connectivity index (χ3v) is 8.93. The SMILES string of the molecule is CN(C)c1cc(CNCc2cccn2C)c(O)c2c1CC1CC3[C@H](N(C)C)C(O)=C(C(N)=O)C(=O)[C@@]3(O)C(O)=C1C2=O. The summed E-state index contributed by atoms with van der Waals surface area (Å²) >= 11 is 0. The number of phenolic OH excluding ortho intramolecular Hbond substituents is 1. The van der Waals surface area contributed by atoms with Gasteiger partial charge in [-0.05, 0) is 56.6 Å². The van der Waals surface area contributed by atoms with E-state index in [1.165, 1.54) is 4.90 Å². The van der Waals surface area contributed by atoms with Crippen molar-refractivity contribution in [1.29, 1.82) is 0 Å². The van der Waals surface area contributed by atoms with Crippen LogP contribution >= 0.6 is 0 Å². The number of aliphatic hydroxyl groups is 3. The number of hydrogen-bond acceptors (Lipinski definition) is 10. The van der Waals surface area contributed by atoms with Crippen LogP contribution in [0.3, 0.4) is 0 Å². The first kappa shape index (κ1) is 29.4. The molecule has 0 saturated carbocycles. The number of nitrogens with zero attached hydrogens (tertiary/aromatic N) is 3. The molecule has 12 heteroatoms. The van der Waals surface area contributed by atoms with Gasteiger partial charge in [-0.15, -0.1) is 0 Å². The van der Waals surface area contributed by atoms with Crippen molar-refractivity contribution in [2.24, 2.45) is 24.6 Å². The van der Waals surface area contributed by atoms with E-state index in [2.05, 4.69) is 5.32 Å². The number of likely N-dealkylation sites (N-methyl/N-ethyl adjacent to an activating group) is 1. The molecule has 1 heterocycles.